The van der Waals surface area contributed by atoms with E-state index in [-0.39, 0.29) is 0 Å². The monoisotopic (exact) mass is 102 g/mol. The average molecular weight is 102 g/mol. The molecule has 1 heteroatoms. The minimum Gasteiger partial charge on any atom is -0.121 e. The summed E-state index contributed by atoms with van der Waals surface area (Å²) in [6, 6.07) is 0. The third-order valence-electron chi connectivity index (χ3n) is 0.558. The largest absolute Gasteiger partial charge is 0.121 e. The Bertz CT molecular complexity index is 39.2. The lowest BCUT2D eigenvalue weighted by molar-refractivity contribution is 1.65. The first-order chi connectivity index (χ1) is 2.91. The van der Waals surface area contributed by atoms with Gasteiger partial charge in [-0.2, -0.15) is 0 Å². The molecule has 0 N–H and O–H groups in total. The van der Waals surface area contributed by atoms with Crippen molar-refractivity contribution in [3.05, 3.63) is 12.2 Å². The van der Waals surface area contributed by atoms with E-state index in [4.69, 9.17) is 0 Å². The van der Waals surface area contributed by atoms with Gasteiger partial charge in [-0.1, -0.05) is 12.2 Å². The second kappa shape index (κ2) is 5.17. The summed E-state index contributed by atoms with van der Waals surface area (Å²) < 4.78 is 0. The molecule has 0 aliphatic rings. The summed E-state index contributed by atoms with van der Waals surface area (Å²) in [4.78, 5) is 0. The van der Waals surface area contributed by atoms with Gasteiger partial charge >= 0.3 is 0 Å². The van der Waals surface area contributed by atoms with Crippen LogP contribution in [0.3, 0.4) is 0 Å². The summed E-state index contributed by atoms with van der Waals surface area (Å²) in [5, 5.41) is 0. The van der Waals surface area contributed by atoms with E-state index in [0.717, 1.165) is 8.58 Å². The maximum absolute atomic E-state index is 2.21. The molecule has 0 spiro atoms. The van der Waals surface area contributed by atoms with Crippen molar-refractivity contribution in [2.45, 2.75) is 6.92 Å². The van der Waals surface area contributed by atoms with Crippen LogP contribution in [0.25, 0.3) is 0 Å². The Kier molecular flexibility index (Phi) is 5.32. The summed E-state index contributed by atoms with van der Waals surface area (Å²) in [6.45, 7) is 4.26. The molecule has 6 heavy (non-hydrogen) atoms. The van der Waals surface area contributed by atoms with Crippen LogP contribution in [-0.2, 0) is 0 Å². The number of hydrogen-bond donors (Lipinski definition) is 0. The predicted octanol–water partition coefficient (Wildman–Crippen LogP) is 1.87. The highest BCUT2D eigenvalue weighted by molar-refractivity contribution is 7.37. The summed E-state index contributed by atoms with van der Waals surface area (Å²) in [7, 11) is 1.08. The summed E-state index contributed by atoms with van der Waals surface area (Å²) >= 11 is 0. The predicted molar refractivity (Wildman–Crippen MR) is 33.9 cm³/mol. The van der Waals surface area contributed by atoms with Crippen molar-refractivity contribution >= 4 is 8.58 Å². The van der Waals surface area contributed by atoms with E-state index >= 15 is 0 Å². The molecule has 0 heterocycles. The van der Waals surface area contributed by atoms with Gasteiger partial charge in [0.05, 0.1) is 0 Å². The molecular weight excluding hydrogens is 91.0 g/mol. The van der Waals surface area contributed by atoms with Gasteiger partial charge in [0.25, 0.3) is 0 Å². The highest BCUT2D eigenvalue weighted by atomic mass is 31.1. The van der Waals surface area contributed by atoms with Crippen molar-refractivity contribution in [1.29, 1.82) is 0 Å². The molecule has 0 saturated carbocycles. The van der Waals surface area contributed by atoms with E-state index in [0.29, 0.717) is 0 Å². The van der Waals surface area contributed by atoms with Crippen molar-refractivity contribution in [2.75, 3.05) is 12.8 Å². The zero-order valence-electron chi connectivity index (χ0n) is 4.36. The van der Waals surface area contributed by atoms with Crippen LogP contribution in [0.5, 0.6) is 0 Å². The third-order valence-corrected chi connectivity index (χ3v) is 1.20. The van der Waals surface area contributed by atoms with Crippen LogP contribution in [0.15, 0.2) is 12.2 Å². The molecule has 1 unspecified atom stereocenters. The number of hydrogen-bond acceptors (Lipinski definition) is 0. The van der Waals surface area contributed by atoms with Gasteiger partial charge in [-0.25, -0.2) is 0 Å². The molecule has 0 saturated heterocycles. The van der Waals surface area contributed by atoms with Gasteiger partial charge in [-0.05, 0) is 19.8 Å². The highest BCUT2D eigenvalue weighted by Gasteiger charge is 1.63. The Labute approximate surface area is 41.4 Å². The first-order valence-corrected chi connectivity index (χ1v) is 3.88. The van der Waals surface area contributed by atoms with Crippen molar-refractivity contribution in [3.63, 3.8) is 0 Å². The molecule has 0 amide bonds. The summed E-state index contributed by atoms with van der Waals surface area (Å²) in [5.41, 5.74) is 0. The quantitative estimate of drug-likeness (QED) is 0.369. The minimum atomic E-state index is 1.08. The molecule has 0 aromatic rings. The van der Waals surface area contributed by atoms with Crippen molar-refractivity contribution < 1.29 is 0 Å². The molecule has 0 aliphatic heterocycles. The number of rotatable bonds is 2. The van der Waals surface area contributed by atoms with Gasteiger partial charge in [0.2, 0.25) is 0 Å². The highest BCUT2D eigenvalue weighted by Crippen LogP contribution is 1.99. The lowest BCUT2D eigenvalue weighted by Gasteiger charge is -1.77. The molecule has 36 valence electrons. The fourth-order valence-corrected chi connectivity index (χ4v) is 0.707. The standard InChI is InChI=1S/C5H11P/c1-3-4-5-6-2/h3-4,6H,5H2,1-2H3. The fraction of sp³-hybridized carbons (Fsp3) is 0.600. The van der Waals surface area contributed by atoms with Crippen LogP contribution in [0.2, 0.25) is 0 Å². The van der Waals surface area contributed by atoms with Crippen molar-refractivity contribution in [1.82, 2.24) is 0 Å². The molecule has 0 nitrogen and oxygen atoms in total. The molecule has 0 aliphatic carbocycles. The Hall–Kier alpha value is 0.170. The first kappa shape index (κ1) is 6.17. The van der Waals surface area contributed by atoms with Crippen LogP contribution in [0.1, 0.15) is 6.92 Å². The van der Waals surface area contributed by atoms with E-state index in [2.05, 4.69) is 25.7 Å². The summed E-state index contributed by atoms with van der Waals surface area (Å²) in [5.74, 6) is 0. The third kappa shape index (κ3) is 4.17. The molecule has 0 aromatic heterocycles. The van der Waals surface area contributed by atoms with E-state index in [1.165, 1.54) is 6.16 Å². The Balaban J connectivity index is 2.66. The van der Waals surface area contributed by atoms with Crippen LogP contribution in [-0.4, -0.2) is 12.8 Å². The smallest absolute Gasteiger partial charge is 0.0175 e. The lowest BCUT2D eigenvalue weighted by Crippen LogP contribution is -1.57. The Morgan fingerprint density at radius 3 is 2.50 bits per heavy atom. The summed E-state index contributed by atoms with van der Waals surface area (Å²) in [6.07, 6.45) is 5.55. The van der Waals surface area contributed by atoms with Crippen LogP contribution in [0.4, 0.5) is 0 Å². The number of allylic oxidation sites excluding steroid dienone is 2. The molecule has 0 rings (SSSR count). The van der Waals surface area contributed by atoms with E-state index in [1.807, 2.05) is 0 Å². The SMILES string of the molecule is CC=CCPC. The molecular formula is C5H11P. The van der Waals surface area contributed by atoms with Crippen molar-refractivity contribution in [2.24, 2.45) is 0 Å². The van der Waals surface area contributed by atoms with Gasteiger partial charge < -0.3 is 0 Å². The fourth-order valence-electron chi connectivity index (χ4n) is 0.236. The van der Waals surface area contributed by atoms with Gasteiger partial charge in [0.1, 0.15) is 0 Å². The molecule has 0 fully saturated rings. The molecule has 1 atom stereocenters. The maximum Gasteiger partial charge on any atom is -0.0175 e. The lowest BCUT2D eigenvalue weighted by atomic mass is 10.6. The van der Waals surface area contributed by atoms with Gasteiger partial charge in [-0.15, -0.1) is 8.58 Å². The maximum atomic E-state index is 2.21. The van der Waals surface area contributed by atoms with Gasteiger partial charge in [0.15, 0.2) is 0 Å². The van der Waals surface area contributed by atoms with Crippen LogP contribution < -0.4 is 0 Å². The van der Waals surface area contributed by atoms with E-state index < -0.39 is 0 Å². The van der Waals surface area contributed by atoms with Gasteiger partial charge in [0, 0.05) is 0 Å². The van der Waals surface area contributed by atoms with E-state index in [9.17, 15) is 0 Å². The Morgan fingerprint density at radius 1 is 1.67 bits per heavy atom. The molecule has 0 bridgehead atoms. The topological polar surface area (TPSA) is 0 Å². The average Bonchev–Trinajstić information content (AvgIpc) is 1.61. The molecule has 0 aromatic carbocycles. The van der Waals surface area contributed by atoms with E-state index in [1.54, 1.807) is 0 Å². The zero-order valence-corrected chi connectivity index (χ0v) is 5.36. The zero-order chi connectivity index (χ0) is 4.83. The van der Waals surface area contributed by atoms with Crippen molar-refractivity contribution in [3.8, 4) is 0 Å². The molecule has 0 radical (unpaired) electrons. The first-order valence-electron chi connectivity index (χ1n) is 2.17. The second-order valence-corrected chi connectivity index (χ2v) is 2.24. The minimum absolute atomic E-state index is 1.08. The van der Waals surface area contributed by atoms with Crippen LogP contribution in [0, 0.1) is 0 Å². The second-order valence-electron chi connectivity index (χ2n) is 1.13. The normalized spacial score (nSPS) is 12.3. The van der Waals surface area contributed by atoms with Crippen LogP contribution >= 0.6 is 8.58 Å². The van der Waals surface area contributed by atoms with Gasteiger partial charge in [-0.3, -0.25) is 0 Å². The Morgan fingerprint density at radius 2 is 2.33 bits per heavy atom.